The molecule has 0 bridgehead atoms. The predicted molar refractivity (Wildman–Crippen MR) is 130 cm³/mol. The number of anilines is 1. The van der Waals surface area contributed by atoms with Crippen LogP contribution in [0.1, 0.15) is 44.5 Å². The topological polar surface area (TPSA) is 85.6 Å². The molecule has 2 heterocycles. The van der Waals surface area contributed by atoms with Gasteiger partial charge in [0.2, 0.25) is 0 Å². The summed E-state index contributed by atoms with van der Waals surface area (Å²) >= 11 is 1.21. The van der Waals surface area contributed by atoms with Crippen LogP contribution in [0.4, 0.5) is 5.00 Å². The van der Waals surface area contributed by atoms with Crippen molar-refractivity contribution in [2.75, 3.05) is 11.9 Å². The number of hydrogen-bond donors (Lipinski definition) is 1. The molecule has 0 fully saturated rings. The predicted octanol–water partition coefficient (Wildman–Crippen LogP) is 5.88. The second kappa shape index (κ2) is 9.03. The summed E-state index contributed by atoms with van der Waals surface area (Å²) in [7, 11) is 0. The Labute approximate surface area is 194 Å². The van der Waals surface area contributed by atoms with Crippen molar-refractivity contribution in [1.29, 1.82) is 0 Å². The van der Waals surface area contributed by atoms with E-state index in [4.69, 9.17) is 9.15 Å². The number of benzene rings is 2. The lowest BCUT2D eigenvalue weighted by Gasteiger charge is -2.09. The summed E-state index contributed by atoms with van der Waals surface area (Å²) in [6.07, 6.45) is 0. The smallest absolute Gasteiger partial charge is 0.341 e. The van der Waals surface area contributed by atoms with Gasteiger partial charge in [0.1, 0.15) is 16.1 Å². The van der Waals surface area contributed by atoms with Crippen molar-refractivity contribution >= 4 is 39.2 Å². The first-order valence-electron chi connectivity index (χ1n) is 10.5. The molecule has 4 rings (SSSR count). The lowest BCUT2D eigenvalue weighted by atomic mass is 10.0. The van der Waals surface area contributed by atoms with Gasteiger partial charge in [-0.3, -0.25) is 9.59 Å². The van der Waals surface area contributed by atoms with E-state index in [0.29, 0.717) is 21.5 Å². The van der Waals surface area contributed by atoms with E-state index >= 15 is 0 Å². The first kappa shape index (κ1) is 22.5. The van der Waals surface area contributed by atoms with Gasteiger partial charge in [0, 0.05) is 17.0 Å². The summed E-state index contributed by atoms with van der Waals surface area (Å²) < 4.78 is 11.0. The van der Waals surface area contributed by atoms with Gasteiger partial charge in [-0.2, -0.15) is 0 Å². The van der Waals surface area contributed by atoms with Gasteiger partial charge in [0.05, 0.1) is 12.0 Å². The number of aryl methyl sites for hydroxylation is 3. The number of amides is 1. The quantitative estimate of drug-likeness (QED) is 0.375. The molecule has 6 nitrogen and oxygen atoms in total. The molecule has 4 aromatic rings. The fourth-order valence-corrected chi connectivity index (χ4v) is 4.44. The van der Waals surface area contributed by atoms with E-state index in [0.717, 1.165) is 22.3 Å². The number of carbonyl (C=O) groups is 2. The SMILES string of the molecule is CCOC(=O)c1c(-c2ccc(C)cc2)csc1NC(=O)c1cc(=O)c2cc(C)c(C)cc2o1. The van der Waals surface area contributed by atoms with Crippen LogP contribution in [0.3, 0.4) is 0 Å². The van der Waals surface area contributed by atoms with E-state index in [9.17, 15) is 14.4 Å². The van der Waals surface area contributed by atoms with Crippen molar-refractivity contribution in [3.8, 4) is 11.1 Å². The number of thiophene rings is 1. The van der Waals surface area contributed by atoms with E-state index in [-0.39, 0.29) is 23.4 Å². The zero-order valence-corrected chi connectivity index (χ0v) is 19.6. The Morgan fingerprint density at radius 2 is 1.73 bits per heavy atom. The molecule has 2 aromatic carbocycles. The summed E-state index contributed by atoms with van der Waals surface area (Å²) in [6, 6.07) is 12.4. The molecule has 0 atom stereocenters. The average Bonchev–Trinajstić information content (AvgIpc) is 3.19. The third kappa shape index (κ3) is 4.45. The monoisotopic (exact) mass is 461 g/mol. The third-order valence-corrected chi connectivity index (χ3v) is 6.32. The van der Waals surface area contributed by atoms with Gasteiger partial charge in [0.15, 0.2) is 11.2 Å². The largest absolute Gasteiger partial charge is 0.462 e. The first-order valence-corrected chi connectivity index (χ1v) is 11.4. The molecule has 0 radical (unpaired) electrons. The zero-order valence-electron chi connectivity index (χ0n) is 18.8. The van der Waals surface area contributed by atoms with Gasteiger partial charge in [-0.25, -0.2) is 4.79 Å². The standard InChI is InChI=1S/C26H23NO5S/c1-5-31-26(30)23-19(17-8-6-14(2)7-9-17)13-33-25(23)27-24(29)22-12-20(28)18-10-15(3)16(4)11-21(18)32-22/h6-13H,5H2,1-4H3,(H,27,29). The molecule has 0 spiro atoms. The van der Waals surface area contributed by atoms with Gasteiger partial charge in [-0.05, 0) is 56.5 Å². The number of carbonyl (C=O) groups excluding carboxylic acids is 2. The van der Waals surface area contributed by atoms with Crippen LogP contribution in [-0.2, 0) is 4.74 Å². The molecule has 0 aliphatic heterocycles. The molecule has 33 heavy (non-hydrogen) atoms. The summed E-state index contributed by atoms with van der Waals surface area (Å²) in [5.41, 5.74) is 4.82. The van der Waals surface area contributed by atoms with Crippen LogP contribution < -0.4 is 10.7 Å². The highest BCUT2D eigenvalue weighted by Gasteiger charge is 2.24. The van der Waals surface area contributed by atoms with Crippen molar-refractivity contribution < 1.29 is 18.7 Å². The zero-order chi connectivity index (χ0) is 23.7. The van der Waals surface area contributed by atoms with Crippen molar-refractivity contribution in [3.05, 3.63) is 86.1 Å². The summed E-state index contributed by atoms with van der Waals surface area (Å²) in [5, 5.41) is 5.28. The number of hydrogen-bond acceptors (Lipinski definition) is 6. The van der Waals surface area contributed by atoms with Crippen LogP contribution in [0.25, 0.3) is 22.1 Å². The Morgan fingerprint density at radius 1 is 1.03 bits per heavy atom. The molecular formula is C26H23NO5S. The van der Waals surface area contributed by atoms with Crippen molar-refractivity contribution in [3.63, 3.8) is 0 Å². The van der Waals surface area contributed by atoms with E-state index < -0.39 is 11.9 Å². The molecule has 0 unspecified atom stereocenters. The van der Waals surface area contributed by atoms with E-state index in [2.05, 4.69) is 5.32 Å². The molecule has 7 heteroatoms. The normalized spacial score (nSPS) is 10.9. The molecule has 1 N–H and O–H groups in total. The molecule has 2 aromatic heterocycles. The number of nitrogens with one attached hydrogen (secondary N) is 1. The molecule has 0 aliphatic carbocycles. The molecule has 168 valence electrons. The molecule has 0 saturated carbocycles. The van der Waals surface area contributed by atoms with Gasteiger partial charge < -0.3 is 14.5 Å². The highest BCUT2D eigenvalue weighted by molar-refractivity contribution is 7.15. The second-order valence-electron chi connectivity index (χ2n) is 7.80. The second-order valence-corrected chi connectivity index (χ2v) is 8.68. The number of rotatable bonds is 5. The van der Waals surface area contributed by atoms with Crippen LogP contribution in [0.2, 0.25) is 0 Å². The fourth-order valence-electron chi connectivity index (χ4n) is 3.49. The minimum Gasteiger partial charge on any atom is -0.462 e. The molecule has 0 aliphatic rings. The average molecular weight is 462 g/mol. The van der Waals surface area contributed by atoms with Gasteiger partial charge in [-0.15, -0.1) is 11.3 Å². The lowest BCUT2D eigenvalue weighted by Crippen LogP contribution is -2.17. The first-order chi connectivity index (χ1) is 15.8. The van der Waals surface area contributed by atoms with E-state index in [1.54, 1.807) is 24.4 Å². The maximum Gasteiger partial charge on any atom is 0.341 e. The highest BCUT2D eigenvalue weighted by atomic mass is 32.1. The van der Waals surface area contributed by atoms with Gasteiger partial charge in [0.25, 0.3) is 5.91 Å². The lowest BCUT2D eigenvalue weighted by molar-refractivity contribution is 0.0529. The fraction of sp³-hybridized carbons (Fsp3) is 0.192. The van der Waals surface area contributed by atoms with Crippen LogP contribution >= 0.6 is 11.3 Å². The number of fused-ring (bicyclic) bond motifs is 1. The van der Waals surface area contributed by atoms with Crippen LogP contribution in [0.15, 0.2) is 57.1 Å². The van der Waals surface area contributed by atoms with Gasteiger partial charge >= 0.3 is 5.97 Å². The Hall–Kier alpha value is -3.71. The summed E-state index contributed by atoms with van der Waals surface area (Å²) in [5.74, 6) is -1.28. The third-order valence-electron chi connectivity index (χ3n) is 5.43. The van der Waals surface area contributed by atoms with Crippen LogP contribution in [0, 0.1) is 20.8 Å². The number of esters is 1. The van der Waals surface area contributed by atoms with Crippen molar-refractivity contribution in [2.24, 2.45) is 0 Å². The van der Waals surface area contributed by atoms with Crippen LogP contribution in [-0.4, -0.2) is 18.5 Å². The minimum atomic E-state index is -0.616. The maximum atomic E-state index is 13.0. The molecule has 0 saturated heterocycles. The molecular weight excluding hydrogens is 438 g/mol. The number of ether oxygens (including phenoxy) is 1. The van der Waals surface area contributed by atoms with Gasteiger partial charge in [-0.1, -0.05) is 29.8 Å². The highest BCUT2D eigenvalue weighted by Crippen LogP contribution is 2.36. The summed E-state index contributed by atoms with van der Waals surface area (Å²) in [4.78, 5) is 38.3. The van der Waals surface area contributed by atoms with E-state index in [1.165, 1.54) is 17.4 Å². The van der Waals surface area contributed by atoms with Crippen LogP contribution in [0.5, 0.6) is 0 Å². The Morgan fingerprint density at radius 3 is 2.42 bits per heavy atom. The van der Waals surface area contributed by atoms with E-state index in [1.807, 2.05) is 45.0 Å². The summed E-state index contributed by atoms with van der Waals surface area (Å²) in [6.45, 7) is 7.73. The molecule has 1 amide bonds. The maximum absolute atomic E-state index is 13.0. The van der Waals surface area contributed by atoms with Crippen molar-refractivity contribution in [2.45, 2.75) is 27.7 Å². The van der Waals surface area contributed by atoms with Crippen molar-refractivity contribution in [1.82, 2.24) is 0 Å². The Bertz CT molecular complexity index is 1430. The Kier molecular flexibility index (Phi) is 6.16. The minimum absolute atomic E-state index is 0.129. The Balaban J connectivity index is 1.73.